The van der Waals surface area contributed by atoms with Crippen molar-refractivity contribution in [3.8, 4) is 11.5 Å². The highest BCUT2D eigenvalue weighted by Crippen LogP contribution is 2.21. The molecule has 0 aliphatic rings. The predicted molar refractivity (Wildman–Crippen MR) is 46.7 cm³/mol. The van der Waals surface area contributed by atoms with Crippen molar-refractivity contribution in [3.63, 3.8) is 0 Å². The minimum Gasteiger partial charge on any atom is -0.477 e. The van der Waals surface area contributed by atoms with Gasteiger partial charge in [-0.05, 0) is 12.1 Å². The molecule has 0 amide bonds. The Kier molecular flexibility index (Phi) is 2.17. The highest BCUT2D eigenvalue weighted by atomic mass is 19.1. The molecule has 0 saturated heterocycles. The number of aromatic nitrogens is 2. The second kappa shape index (κ2) is 3.49. The van der Waals surface area contributed by atoms with E-state index in [-0.39, 0.29) is 17.0 Å². The summed E-state index contributed by atoms with van der Waals surface area (Å²) in [6.07, 6.45) is 2.05. The predicted octanol–water partition coefficient (Wildman–Crippen LogP) is 1.57. The number of rotatable bonds is 2. The van der Waals surface area contributed by atoms with Gasteiger partial charge in [0.1, 0.15) is 17.1 Å². The summed E-state index contributed by atoms with van der Waals surface area (Å²) in [5.74, 6) is -1.66. The minimum absolute atomic E-state index is 0.0162. The molecule has 76 valence electrons. The molecular weight excluding hydrogens is 203 g/mol. The second-order valence-corrected chi connectivity index (χ2v) is 2.74. The first-order chi connectivity index (χ1) is 7.18. The largest absolute Gasteiger partial charge is 0.477 e. The van der Waals surface area contributed by atoms with Crippen LogP contribution in [0.25, 0.3) is 11.5 Å². The molecule has 0 bridgehead atoms. The van der Waals surface area contributed by atoms with Crippen molar-refractivity contribution >= 4 is 5.97 Å². The number of aromatic carboxylic acids is 1. The van der Waals surface area contributed by atoms with Crippen LogP contribution in [0.4, 0.5) is 4.39 Å². The molecule has 5 nitrogen and oxygen atoms in total. The number of carbonyl (C=O) groups is 1. The van der Waals surface area contributed by atoms with Gasteiger partial charge in [-0.3, -0.25) is 0 Å². The van der Waals surface area contributed by atoms with E-state index < -0.39 is 11.8 Å². The lowest BCUT2D eigenvalue weighted by molar-refractivity contribution is 0.0697. The van der Waals surface area contributed by atoms with Gasteiger partial charge in [0, 0.05) is 0 Å². The fourth-order valence-electron chi connectivity index (χ4n) is 1.09. The Morgan fingerprint density at radius 1 is 1.40 bits per heavy atom. The Morgan fingerprint density at radius 2 is 2.20 bits per heavy atom. The van der Waals surface area contributed by atoms with Crippen LogP contribution in [-0.4, -0.2) is 21.2 Å². The third-order valence-electron chi connectivity index (χ3n) is 1.76. The zero-order valence-electron chi connectivity index (χ0n) is 7.35. The van der Waals surface area contributed by atoms with E-state index in [4.69, 9.17) is 9.63 Å². The van der Waals surface area contributed by atoms with E-state index in [1.165, 1.54) is 6.07 Å². The highest BCUT2D eigenvalue weighted by molar-refractivity contribution is 5.93. The zero-order chi connectivity index (χ0) is 10.8. The maximum Gasteiger partial charge on any atom is 0.341 e. The van der Waals surface area contributed by atoms with E-state index in [0.717, 1.165) is 18.5 Å². The fourth-order valence-corrected chi connectivity index (χ4v) is 1.09. The lowest BCUT2D eigenvalue weighted by Gasteiger charge is -1.95. The Balaban J connectivity index is 2.49. The van der Waals surface area contributed by atoms with E-state index in [2.05, 4.69) is 10.1 Å². The molecule has 0 aromatic carbocycles. The number of pyridine rings is 1. The summed E-state index contributed by atoms with van der Waals surface area (Å²) in [6.45, 7) is 0. The topological polar surface area (TPSA) is 76.2 Å². The van der Waals surface area contributed by atoms with Gasteiger partial charge < -0.3 is 9.63 Å². The molecule has 2 aromatic rings. The van der Waals surface area contributed by atoms with Gasteiger partial charge in [-0.2, -0.15) is 0 Å². The Hall–Kier alpha value is -2.24. The summed E-state index contributed by atoms with van der Waals surface area (Å²) in [7, 11) is 0. The summed E-state index contributed by atoms with van der Waals surface area (Å²) in [4.78, 5) is 14.4. The van der Waals surface area contributed by atoms with Crippen LogP contribution >= 0.6 is 0 Å². The zero-order valence-corrected chi connectivity index (χ0v) is 7.35. The van der Waals surface area contributed by atoms with Crippen molar-refractivity contribution in [2.24, 2.45) is 0 Å². The van der Waals surface area contributed by atoms with Gasteiger partial charge in [0.2, 0.25) is 0 Å². The average molecular weight is 208 g/mol. The molecule has 0 unspecified atom stereocenters. The molecule has 0 spiro atoms. The molecule has 0 atom stereocenters. The maximum absolute atomic E-state index is 12.6. The number of carboxylic acid groups (broad SMARTS) is 1. The molecule has 2 aromatic heterocycles. The third-order valence-corrected chi connectivity index (χ3v) is 1.76. The van der Waals surface area contributed by atoms with E-state index in [0.29, 0.717) is 0 Å². The SMILES string of the molecule is O=C(O)c1cnoc1-c1ccc(F)cn1. The van der Waals surface area contributed by atoms with E-state index in [9.17, 15) is 9.18 Å². The first-order valence-electron chi connectivity index (χ1n) is 3.98. The van der Waals surface area contributed by atoms with Gasteiger partial charge in [-0.25, -0.2) is 14.2 Å². The molecule has 1 N–H and O–H groups in total. The Morgan fingerprint density at radius 3 is 2.80 bits per heavy atom. The van der Waals surface area contributed by atoms with Crippen LogP contribution < -0.4 is 0 Å². The molecule has 0 aliphatic heterocycles. The van der Waals surface area contributed by atoms with E-state index >= 15 is 0 Å². The van der Waals surface area contributed by atoms with Crippen molar-refractivity contribution in [1.82, 2.24) is 10.1 Å². The standard InChI is InChI=1S/C9H5FN2O3/c10-5-1-2-7(11-3-5)8-6(9(13)14)4-12-15-8/h1-4H,(H,13,14). The first-order valence-corrected chi connectivity index (χ1v) is 3.98. The quantitative estimate of drug-likeness (QED) is 0.810. The van der Waals surface area contributed by atoms with Crippen LogP contribution in [0, 0.1) is 5.82 Å². The third kappa shape index (κ3) is 1.69. The summed E-state index contributed by atoms with van der Waals surface area (Å²) < 4.78 is 17.3. The van der Waals surface area contributed by atoms with Gasteiger partial charge in [-0.15, -0.1) is 0 Å². The van der Waals surface area contributed by atoms with Gasteiger partial charge in [0.05, 0.1) is 12.4 Å². The van der Waals surface area contributed by atoms with E-state index in [1.807, 2.05) is 0 Å². The van der Waals surface area contributed by atoms with Crippen LogP contribution in [0.5, 0.6) is 0 Å². The fraction of sp³-hybridized carbons (Fsp3) is 0. The molecule has 0 aliphatic carbocycles. The van der Waals surface area contributed by atoms with Crippen LogP contribution in [-0.2, 0) is 0 Å². The minimum atomic E-state index is -1.17. The highest BCUT2D eigenvalue weighted by Gasteiger charge is 2.17. The first kappa shape index (κ1) is 9.32. The summed E-state index contributed by atoms with van der Waals surface area (Å²) in [5, 5.41) is 12.1. The number of hydrogen-bond donors (Lipinski definition) is 1. The van der Waals surface area contributed by atoms with E-state index in [1.54, 1.807) is 0 Å². The molecule has 0 saturated carbocycles. The van der Waals surface area contributed by atoms with Crippen molar-refractivity contribution in [2.75, 3.05) is 0 Å². The van der Waals surface area contributed by atoms with Crippen LogP contribution in [0.1, 0.15) is 10.4 Å². The van der Waals surface area contributed by atoms with Gasteiger partial charge in [0.15, 0.2) is 5.76 Å². The van der Waals surface area contributed by atoms with Crippen molar-refractivity contribution in [3.05, 3.63) is 35.9 Å². The summed E-state index contributed by atoms with van der Waals surface area (Å²) in [5.41, 5.74) is 0.125. The molecule has 0 radical (unpaired) electrons. The van der Waals surface area contributed by atoms with Crippen molar-refractivity contribution < 1.29 is 18.8 Å². The summed E-state index contributed by atoms with van der Waals surface area (Å²) >= 11 is 0. The molecule has 0 fully saturated rings. The van der Waals surface area contributed by atoms with Crippen molar-refractivity contribution in [1.29, 1.82) is 0 Å². The number of nitrogens with zero attached hydrogens (tertiary/aromatic N) is 2. The lowest BCUT2D eigenvalue weighted by Crippen LogP contribution is -1.96. The molecule has 15 heavy (non-hydrogen) atoms. The van der Waals surface area contributed by atoms with Gasteiger partial charge in [-0.1, -0.05) is 5.16 Å². The summed E-state index contributed by atoms with van der Waals surface area (Å²) in [6, 6.07) is 2.48. The molecular formula is C9H5FN2O3. The average Bonchev–Trinajstić information content (AvgIpc) is 2.67. The Labute approximate surface area is 83.2 Å². The smallest absolute Gasteiger partial charge is 0.341 e. The van der Waals surface area contributed by atoms with Crippen LogP contribution in [0.3, 0.4) is 0 Å². The molecule has 6 heteroatoms. The number of carboxylic acids is 1. The monoisotopic (exact) mass is 208 g/mol. The van der Waals surface area contributed by atoms with Crippen molar-refractivity contribution in [2.45, 2.75) is 0 Å². The number of halogens is 1. The maximum atomic E-state index is 12.6. The van der Waals surface area contributed by atoms with Crippen LogP contribution in [0.2, 0.25) is 0 Å². The lowest BCUT2D eigenvalue weighted by atomic mass is 10.2. The van der Waals surface area contributed by atoms with Gasteiger partial charge >= 0.3 is 5.97 Å². The van der Waals surface area contributed by atoms with Crippen LogP contribution in [0.15, 0.2) is 29.0 Å². The van der Waals surface area contributed by atoms with Gasteiger partial charge in [0.25, 0.3) is 0 Å². The normalized spacial score (nSPS) is 10.2. The molecule has 2 heterocycles. The Bertz CT molecular complexity index is 492. The molecule has 2 rings (SSSR count). The second-order valence-electron chi connectivity index (χ2n) is 2.74. The number of hydrogen-bond acceptors (Lipinski definition) is 4.